The van der Waals surface area contributed by atoms with E-state index in [2.05, 4.69) is 10.6 Å². The number of aliphatic hydroxyl groups excluding tert-OH is 1. The summed E-state index contributed by atoms with van der Waals surface area (Å²) in [6, 6.07) is 3.27. The van der Waals surface area contributed by atoms with Crippen LogP contribution in [0.25, 0.3) is 0 Å². The summed E-state index contributed by atoms with van der Waals surface area (Å²) < 4.78 is 21.7. The van der Waals surface area contributed by atoms with Crippen molar-refractivity contribution in [3.8, 4) is 0 Å². The fourth-order valence-corrected chi connectivity index (χ4v) is 2.85. The average Bonchev–Trinajstić information content (AvgIpc) is 3.13. The summed E-state index contributed by atoms with van der Waals surface area (Å²) in [5, 5.41) is 17.1. The van der Waals surface area contributed by atoms with E-state index in [1.54, 1.807) is 13.4 Å². The molecule has 3 rings (SSSR count). The zero-order valence-electron chi connectivity index (χ0n) is 12.0. The Hall–Kier alpha value is -0.960. The van der Waals surface area contributed by atoms with Crippen LogP contribution in [-0.2, 0) is 20.8 Å². The van der Waals surface area contributed by atoms with Crippen molar-refractivity contribution in [3.05, 3.63) is 24.2 Å². The maximum atomic E-state index is 10.6. The molecule has 0 spiro atoms. The molecule has 21 heavy (non-hydrogen) atoms. The highest BCUT2D eigenvalue weighted by atomic mass is 16.7. The van der Waals surface area contributed by atoms with E-state index in [1.165, 1.54) is 0 Å². The molecular weight excluding hydrogens is 276 g/mol. The summed E-state index contributed by atoms with van der Waals surface area (Å²) in [5.41, 5.74) is 0. The van der Waals surface area contributed by atoms with Crippen molar-refractivity contribution < 1.29 is 23.7 Å². The van der Waals surface area contributed by atoms with Crippen molar-refractivity contribution in [2.45, 2.75) is 37.1 Å². The van der Waals surface area contributed by atoms with Crippen LogP contribution < -0.4 is 10.6 Å². The number of hydrogen-bond acceptors (Lipinski definition) is 7. The van der Waals surface area contributed by atoms with Crippen molar-refractivity contribution in [1.82, 2.24) is 10.6 Å². The molecule has 2 aliphatic rings. The lowest BCUT2D eigenvalue weighted by Crippen LogP contribution is -2.63. The first-order chi connectivity index (χ1) is 10.3. The summed E-state index contributed by atoms with van der Waals surface area (Å²) in [6.45, 7) is 2.24. The van der Waals surface area contributed by atoms with Gasteiger partial charge in [-0.15, -0.1) is 0 Å². The standard InChI is InChI=1S/C14H22N2O5/c1-18-6-4-15-12-13(17)11(10-8-20-14(12)21-10)16-7-9-3-2-5-19-9/h2-3,5,10-17H,4,6-8H2,1H3/t10-,11-,12-,13+,14-/m1/s1. The normalized spacial score (nSPS) is 35.2. The molecule has 3 N–H and O–H groups in total. The minimum absolute atomic E-state index is 0.138. The number of fused-ring (bicyclic) bond motifs is 2. The van der Waals surface area contributed by atoms with Crippen LogP contribution >= 0.6 is 0 Å². The van der Waals surface area contributed by atoms with Crippen molar-refractivity contribution >= 4 is 0 Å². The Morgan fingerprint density at radius 1 is 1.38 bits per heavy atom. The minimum Gasteiger partial charge on any atom is -0.468 e. The van der Waals surface area contributed by atoms with Crippen LogP contribution in [0.3, 0.4) is 0 Å². The first-order valence-corrected chi connectivity index (χ1v) is 7.23. The summed E-state index contributed by atoms with van der Waals surface area (Å²) in [5.74, 6) is 0.826. The molecule has 1 aromatic rings. The van der Waals surface area contributed by atoms with Gasteiger partial charge in [-0.05, 0) is 12.1 Å². The molecule has 7 heteroatoms. The molecule has 2 aliphatic heterocycles. The summed E-state index contributed by atoms with van der Waals surface area (Å²) in [7, 11) is 1.64. The van der Waals surface area contributed by atoms with Gasteiger partial charge in [-0.1, -0.05) is 0 Å². The smallest absolute Gasteiger partial charge is 0.176 e. The van der Waals surface area contributed by atoms with Gasteiger partial charge in [-0.3, -0.25) is 0 Å². The molecule has 0 radical (unpaired) electrons. The molecule has 1 aromatic heterocycles. The number of hydrogen-bond donors (Lipinski definition) is 3. The number of rotatable bonds is 7. The largest absolute Gasteiger partial charge is 0.468 e. The molecule has 2 fully saturated rings. The highest BCUT2D eigenvalue weighted by Gasteiger charge is 2.49. The minimum atomic E-state index is -0.594. The van der Waals surface area contributed by atoms with E-state index in [0.29, 0.717) is 26.3 Å². The summed E-state index contributed by atoms with van der Waals surface area (Å²) >= 11 is 0. The van der Waals surface area contributed by atoms with Crippen LogP contribution in [0.4, 0.5) is 0 Å². The second-order valence-electron chi connectivity index (χ2n) is 5.33. The maximum Gasteiger partial charge on any atom is 0.176 e. The molecule has 5 atom stereocenters. The molecule has 0 aromatic carbocycles. The fourth-order valence-electron chi connectivity index (χ4n) is 2.85. The molecule has 118 valence electrons. The lowest BCUT2D eigenvalue weighted by molar-refractivity contribution is -0.153. The number of methoxy groups -OCH3 is 1. The van der Waals surface area contributed by atoms with Crippen LogP contribution in [0.2, 0.25) is 0 Å². The molecule has 2 saturated heterocycles. The molecular formula is C14H22N2O5. The quantitative estimate of drug-likeness (QED) is 0.583. The van der Waals surface area contributed by atoms with Gasteiger partial charge in [0.25, 0.3) is 0 Å². The Labute approximate surface area is 123 Å². The Morgan fingerprint density at radius 3 is 3.05 bits per heavy atom. The van der Waals surface area contributed by atoms with Gasteiger partial charge in [0.2, 0.25) is 0 Å². The Balaban J connectivity index is 1.59. The Kier molecular flexibility index (Phi) is 4.89. The molecule has 2 bridgehead atoms. The van der Waals surface area contributed by atoms with Gasteiger partial charge in [0, 0.05) is 13.7 Å². The molecule has 0 saturated carbocycles. The third-order valence-electron chi connectivity index (χ3n) is 3.94. The average molecular weight is 298 g/mol. The maximum absolute atomic E-state index is 10.6. The van der Waals surface area contributed by atoms with Crippen LogP contribution in [0.1, 0.15) is 5.76 Å². The van der Waals surface area contributed by atoms with E-state index in [-0.39, 0.29) is 18.2 Å². The van der Waals surface area contributed by atoms with E-state index in [1.807, 2.05) is 12.1 Å². The zero-order chi connectivity index (χ0) is 14.7. The third kappa shape index (κ3) is 3.28. The topological polar surface area (TPSA) is 85.1 Å². The van der Waals surface area contributed by atoms with Crippen molar-refractivity contribution in [1.29, 1.82) is 0 Å². The molecule has 0 amide bonds. The molecule has 0 unspecified atom stereocenters. The lowest BCUT2D eigenvalue weighted by Gasteiger charge is -2.39. The summed E-state index contributed by atoms with van der Waals surface area (Å²) in [4.78, 5) is 0. The molecule has 3 heterocycles. The fraction of sp³-hybridized carbons (Fsp3) is 0.714. The predicted octanol–water partition coefficient (Wildman–Crippen LogP) is -0.542. The van der Waals surface area contributed by atoms with Crippen LogP contribution in [-0.4, -0.2) is 62.6 Å². The van der Waals surface area contributed by atoms with E-state index in [4.69, 9.17) is 18.6 Å². The van der Waals surface area contributed by atoms with Gasteiger partial charge in [-0.25, -0.2) is 0 Å². The Bertz CT molecular complexity index is 427. The summed E-state index contributed by atoms with van der Waals surface area (Å²) in [6.07, 6.45) is 0.501. The zero-order valence-corrected chi connectivity index (χ0v) is 12.0. The second kappa shape index (κ2) is 6.87. The van der Waals surface area contributed by atoms with Gasteiger partial charge < -0.3 is 34.4 Å². The number of aliphatic hydroxyl groups is 1. The molecule has 0 aliphatic carbocycles. The number of nitrogens with one attached hydrogen (secondary N) is 2. The van der Waals surface area contributed by atoms with Gasteiger partial charge in [0.15, 0.2) is 6.29 Å². The second-order valence-corrected chi connectivity index (χ2v) is 5.33. The van der Waals surface area contributed by atoms with Crippen molar-refractivity contribution in [2.75, 3.05) is 26.9 Å². The van der Waals surface area contributed by atoms with Crippen LogP contribution in [0.15, 0.2) is 22.8 Å². The lowest BCUT2D eigenvalue weighted by atomic mass is 9.96. The SMILES string of the molecule is COCCN[C@H]1[C@@H]2OC[C@@H](O2)[C@@H](NCc2ccco2)[C@@H]1O. The predicted molar refractivity (Wildman–Crippen MR) is 73.6 cm³/mol. The number of ether oxygens (including phenoxy) is 3. The van der Waals surface area contributed by atoms with Gasteiger partial charge in [0.05, 0.1) is 44.2 Å². The van der Waals surface area contributed by atoms with E-state index >= 15 is 0 Å². The third-order valence-corrected chi connectivity index (χ3v) is 3.94. The first-order valence-electron chi connectivity index (χ1n) is 7.23. The number of furan rings is 1. The van der Waals surface area contributed by atoms with Gasteiger partial charge >= 0.3 is 0 Å². The highest BCUT2D eigenvalue weighted by molar-refractivity contribution is 5.03. The van der Waals surface area contributed by atoms with Crippen molar-refractivity contribution in [2.24, 2.45) is 0 Å². The van der Waals surface area contributed by atoms with E-state index < -0.39 is 12.4 Å². The Morgan fingerprint density at radius 2 is 2.29 bits per heavy atom. The first kappa shape index (κ1) is 15.0. The van der Waals surface area contributed by atoms with Crippen LogP contribution in [0.5, 0.6) is 0 Å². The van der Waals surface area contributed by atoms with E-state index in [9.17, 15) is 5.11 Å². The van der Waals surface area contributed by atoms with Crippen LogP contribution in [0, 0.1) is 0 Å². The van der Waals surface area contributed by atoms with Gasteiger partial charge in [0.1, 0.15) is 11.9 Å². The molecule has 7 nitrogen and oxygen atoms in total. The van der Waals surface area contributed by atoms with Crippen molar-refractivity contribution in [3.63, 3.8) is 0 Å². The monoisotopic (exact) mass is 298 g/mol. The van der Waals surface area contributed by atoms with E-state index in [0.717, 1.165) is 5.76 Å². The highest BCUT2D eigenvalue weighted by Crippen LogP contribution is 2.28. The van der Waals surface area contributed by atoms with Gasteiger partial charge in [-0.2, -0.15) is 0 Å².